The van der Waals surface area contributed by atoms with Crippen molar-refractivity contribution in [3.8, 4) is 0 Å². The highest BCUT2D eigenvalue weighted by atomic mass is 79.9. The Morgan fingerprint density at radius 1 is 1.56 bits per heavy atom. The summed E-state index contributed by atoms with van der Waals surface area (Å²) in [5, 5.41) is 9.41. The van der Waals surface area contributed by atoms with Crippen LogP contribution in [0.25, 0.3) is 0 Å². The molecule has 4 heteroatoms. The first kappa shape index (κ1) is 13.4. The number of benzene rings is 1. The van der Waals surface area contributed by atoms with Gasteiger partial charge in [-0.15, -0.1) is 0 Å². The van der Waals surface area contributed by atoms with Crippen molar-refractivity contribution in [2.45, 2.75) is 33.2 Å². The fourth-order valence-electron chi connectivity index (χ4n) is 2.66. The zero-order valence-electron chi connectivity index (χ0n) is 10.9. The maximum atomic E-state index is 11.5. The second-order valence-electron chi connectivity index (χ2n) is 5.31. The Hall–Kier alpha value is -1.03. The van der Waals surface area contributed by atoms with Crippen molar-refractivity contribution >= 4 is 27.6 Å². The third-order valence-electron chi connectivity index (χ3n) is 3.87. The van der Waals surface area contributed by atoms with Gasteiger partial charge in [0.05, 0.1) is 5.41 Å². The lowest BCUT2D eigenvalue weighted by Crippen LogP contribution is -2.47. The lowest BCUT2D eigenvalue weighted by atomic mass is 9.82. The van der Waals surface area contributed by atoms with Crippen LogP contribution < -0.4 is 4.90 Å². The molecule has 0 bridgehead atoms. The third kappa shape index (κ3) is 2.03. The first-order chi connectivity index (χ1) is 8.37. The molecule has 0 saturated heterocycles. The number of aliphatic carboxylic acids is 1. The molecule has 1 heterocycles. The number of carboxylic acid groups (broad SMARTS) is 1. The molecule has 1 N–H and O–H groups in total. The standard InChI is InChI=1S/C14H18BrNO2/c1-4-16-11-6-5-10(15)7-9(11)8-12(16)14(2,3)13(17)18/h5-7,12H,4,8H2,1-3H3,(H,17,18). The van der Waals surface area contributed by atoms with Gasteiger partial charge in [-0.3, -0.25) is 4.79 Å². The number of carbonyl (C=O) groups is 1. The van der Waals surface area contributed by atoms with E-state index in [1.165, 1.54) is 11.3 Å². The highest BCUT2D eigenvalue weighted by molar-refractivity contribution is 9.10. The largest absolute Gasteiger partial charge is 0.481 e. The van der Waals surface area contributed by atoms with E-state index in [4.69, 9.17) is 0 Å². The van der Waals surface area contributed by atoms with Gasteiger partial charge in [0.1, 0.15) is 0 Å². The van der Waals surface area contributed by atoms with E-state index in [0.29, 0.717) is 0 Å². The maximum Gasteiger partial charge on any atom is 0.311 e. The van der Waals surface area contributed by atoms with Crippen molar-refractivity contribution in [3.05, 3.63) is 28.2 Å². The fraction of sp³-hybridized carbons (Fsp3) is 0.500. The van der Waals surface area contributed by atoms with Crippen LogP contribution in [0.3, 0.4) is 0 Å². The van der Waals surface area contributed by atoms with Gasteiger partial charge in [0, 0.05) is 22.7 Å². The summed E-state index contributed by atoms with van der Waals surface area (Å²) in [6.07, 6.45) is 0.794. The molecule has 0 radical (unpaired) electrons. The van der Waals surface area contributed by atoms with Crippen LogP contribution in [0, 0.1) is 5.41 Å². The van der Waals surface area contributed by atoms with Crippen LogP contribution >= 0.6 is 15.9 Å². The predicted molar refractivity (Wildman–Crippen MR) is 76.1 cm³/mol. The van der Waals surface area contributed by atoms with Crippen molar-refractivity contribution in [2.75, 3.05) is 11.4 Å². The summed E-state index contributed by atoms with van der Waals surface area (Å²) in [7, 11) is 0. The topological polar surface area (TPSA) is 40.5 Å². The quantitative estimate of drug-likeness (QED) is 0.931. The zero-order chi connectivity index (χ0) is 13.5. The lowest BCUT2D eigenvalue weighted by Gasteiger charge is -2.35. The summed E-state index contributed by atoms with van der Waals surface area (Å²) in [5.74, 6) is -0.738. The number of hydrogen-bond donors (Lipinski definition) is 1. The molecule has 0 amide bonds. The van der Waals surface area contributed by atoms with Crippen LogP contribution in [0.15, 0.2) is 22.7 Å². The van der Waals surface area contributed by atoms with Gasteiger partial charge >= 0.3 is 5.97 Å². The van der Waals surface area contributed by atoms with Crippen LogP contribution in [0.2, 0.25) is 0 Å². The molecule has 0 saturated carbocycles. The summed E-state index contributed by atoms with van der Waals surface area (Å²) in [6, 6.07) is 6.19. The van der Waals surface area contributed by atoms with E-state index in [1.54, 1.807) is 0 Å². The SMILES string of the molecule is CCN1c2ccc(Br)cc2CC1C(C)(C)C(=O)O. The van der Waals surface area contributed by atoms with Crippen molar-refractivity contribution in [1.29, 1.82) is 0 Å². The second-order valence-corrected chi connectivity index (χ2v) is 6.22. The molecule has 1 aromatic rings. The van der Waals surface area contributed by atoms with E-state index in [0.717, 1.165) is 17.4 Å². The molecule has 0 fully saturated rings. The molecule has 0 aromatic heterocycles. The summed E-state index contributed by atoms with van der Waals surface area (Å²) in [5.41, 5.74) is 1.65. The normalized spacial score (nSPS) is 18.9. The molecule has 1 aliphatic heterocycles. The zero-order valence-corrected chi connectivity index (χ0v) is 12.5. The number of likely N-dealkylation sites (N-methyl/N-ethyl adjacent to an activating group) is 1. The van der Waals surface area contributed by atoms with Gasteiger partial charge < -0.3 is 10.0 Å². The third-order valence-corrected chi connectivity index (χ3v) is 4.36. The summed E-state index contributed by atoms with van der Waals surface area (Å²) in [6.45, 7) is 6.52. The predicted octanol–water partition coefficient (Wildman–Crippen LogP) is 3.31. The van der Waals surface area contributed by atoms with Crippen molar-refractivity contribution < 1.29 is 9.90 Å². The lowest BCUT2D eigenvalue weighted by molar-refractivity contribution is -0.148. The minimum Gasteiger partial charge on any atom is -0.481 e. The monoisotopic (exact) mass is 311 g/mol. The van der Waals surface area contributed by atoms with Crippen molar-refractivity contribution in [1.82, 2.24) is 0 Å². The number of halogens is 1. The van der Waals surface area contributed by atoms with Crippen LogP contribution in [-0.4, -0.2) is 23.7 Å². The van der Waals surface area contributed by atoms with Crippen LogP contribution in [-0.2, 0) is 11.2 Å². The van der Waals surface area contributed by atoms with Crippen molar-refractivity contribution in [2.24, 2.45) is 5.41 Å². The molecular weight excluding hydrogens is 294 g/mol. The van der Waals surface area contributed by atoms with Crippen LogP contribution in [0.1, 0.15) is 26.3 Å². The summed E-state index contributed by atoms with van der Waals surface area (Å²) < 4.78 is 1.05. The Bertz CT molecular complexity index is 485. The molecule has 18 heavy (non-hydrogen) atoms. The van der Waals surface area contributed by atoms with Crippen LogP contribution in [0.5, 0.6) is 0 Å². The molecule has 1 unspecified atom stereocenters. The van der Waals surface area contributed by atoms with Gasteiger partial charge in [-0.05, 0) is 51.0 Å². The Balaban J connectivity index is 2.41. The smallest absolute Gasteiger partial charge is 0.311 e. The van der Waals surface area contributed by atoms with Gasteiger partial charge in [-0.2, -0.15) is 0 Å². The summed E-state index contributed by atoms with van der Waals surface area (Å²) >= 11 is 3.47. The van der Waals surface area contributed by atoms with E-state index >= 15 is 0 Å². The molecule has 1 aromatic carbocycles. The highest BCUT2D eigenvalue weighted by Crippen LogP contribution is 2.40. The van der Waals surface area contributed by atoms with Gasteiger partial charge in [-0.25, -0.2) is 0 Å². The summed E-state index contributed by atoms with van der Waals surface area (Å²) in [4.78, 5) is 13.7. The molecule has 1 atom stereocenters. The maximum absolute atomic E-state index is 11.5. The molecule has 2 rings (SSSR count). The number of rotatable bonds is 3. The second kappa shape index (κ2) is 4.57. The van der Waals surface area contributed by atoms with E-state index in [9.17, 15) is 9.90 Å². The van der Waals surface area contributed by atoms with Crippen LogP contribution in [0.4, 0.5) is 5.69 Å². The highest BCUT2D eigenvalue weighted by Gasteiger charge is 2.44. The molecule has 98 valence electrons. The number of carboxylic acids is 1. The Kier molecular flexibility index (Phi) is 3.41. The van der Waals surface area contributed by atoms with Gasteiger partial charge in [0.15, 0.2) is 0 Å². The number of hydrogen-bond acceptors (Lipinski definition) is 2. The molecule has 0 spiro atoms. The number of nitrogens with zero attached hydrogens (tertiary/aromatic N) is 1. The number of anilines is 1. The number of fused-ring (bicyclic) bond motifs is 1. The van der Waals surface area contributed by atoms with Crippen molar-refractivity contribution in [3.63, 3.8) is 0 Å². The molecule has 3 nitrogen and oxygen atoms in total. The van der Waals surface area contributed by atoms with E-state index in [1.807, 2.05) is 19.9 Å². The van der Waals surface area contributed by atoms with Gasteiger partial charge in [-0.1, -0.05) is 15.9 Å². The average Bonchev–Trinajstić information content (AvgIpc) is 2.66. The first-order valence-electron chi connectivity index (χ1n) is 6.16. The molecule has 1 aliphatic rings. The van der Waals surface area contributed by atoms with Gasteiger partial charge in [0.25, 0.3) is 0 Å². The fourth-order valence-corrected chi connectivity index (χ4v) is 3.07. The van der Waals surface area contributed by atoms with E-state index in [-0.39, 0.29) is 6.04 Å². The van der Waals surface area contributed by atoms with E-state index < -0.39 is 11.4 Å². The molecular formula is C14H18BrNO2. The first-order valence-corrected chi connectivity index (χ1v) is 6.95. The minimum absolute atomic E-state index is 0.0179. The Morgan fingerprint density at radius 2 is 2.22 bits per heavy atom. The molecule has 0 aliphatic carbocycles. The van der Waals surface area contributed by atoms with E-state index in [2.05, 4.69) is 39.9 Å². The Morgan fingerprint density at radius 3 is 2.78 bits per heavy atom. The van der Waals surface area contributed by atoms with Gasteiger partial charge in [0.2, 0.25) is 0 Å². The Labute approximate surface area is 116 Å². The minimum atomic E-state index is -0.749. The average molecular weight is 312 g/mol.